The highest BCUT2D eigenvalue weighted by atomic mass is 35.5. The number of carbonyl (C=O) groups is 1. The Labute approximate surface area is 168 Å². The first-order chi connectivity index (χ1) is 13.4. The summed E-state index contributed by atoms with van der Waals surface area (Å²) < 4.78 is 5.22. The van der Waals surface area contributed by atoms with Crippen LogP contribution in [0.3, 0.4) is 0 Å². The van der Waals surface area contributed by atoms with Crippen LogP contribution in [0.25, 0.3) is 0 Å². The molecule has 1 amide bonds. The molecule has 1 fully saturated rings. The molecule has 0 spiro atoms. The Hall–Kier alpha value is -2.80. The summed E-state index contributed by atoms with van der Waals surface area (Å²) >= 11 is 5.99. The number of nitrogens with one attached hydrogen (secondary N) is 1. The molecule has 2 aromatic rings. The predicted molar refractivity (Wildman–Crippen MR) is 110 cm³/mol. The van der Waals surface area contributed by atoms with Gasteiger partial charge in [-0.25, -0.2) is 0 Å². The number of benzene rings is 2. The predicted octanol–water partition coefficient (Wildman–Crippen LogP) is 4.75. The third kappa shape index (κ3) is 4.36. The monoisotopic (exact) mass is 403 g/mol. The normalized spacial score (nSPS) is 16.5. The number of piperidine rings is 1. The smallest absolute Gasteiger partial charge is 0.293 e. The van der Waals surface area contributed by atoms with E-state index in [4.69, 9.17) is 16.3 Å². The fraction of sp³-hybridized carbons (Fsp3) is 0.350. The number of methoxy groups -OCH3 is 1. The molecule has 0 saturated carbocycles. The van der Waals surface area contributed by atoms with Gasteiger partial charge in [-0.05, 0) is 49.1 Å². The fourth-order valence-electron chi connectivity index (χ4n) is 3.46. The molecule has 1 aliphatic rings. The summed E-state index contributed by atoms with van der Waals surface area (Å²) in [7, 11) is 1.48. The minimum atomic E-state index is -0.470. The highest BCUT2D eigenvalue weighted by Crippen LogP contribution is 2.33. The van der Waals surface area contributed by atoms with Gasteiger partial charge in [0, 0.05) is 29.7 Å². The van der Waals surface area contributed by atoms with Crippen LogP contribution >= 0.6 is 11.6 Å². The average molecular weight is 404 g/mol. The van der Waals surface area contributed by atoms with Gasteiger partial charge in [0.1, 0.15) is 11.4 Å². The summed E-state index contributed by atoms with van der Waals surface area (Å²) in [6, 6.07) is 9.43. The van der Waals surface area contributed by atoms with E-state index in [0.717, 1.165) is 25.9 Å². The Morgan fingerprint density at radius 2 is 2.11 bits per heavy atom. The largest absolute Gasteiger partial charge is 0.495 e. The molecule has 7 nitrogen and oxygen atoms in total. The lowest BCUT2D eigenvalue weighted by Crippen LogP contribution is -2.34. The van der Waals surface area contributed by atoms with E-state index in [2.05, 4.69) is 12.2 Å². The molecule has 1 atom stereocenters. The second-order valence-electron chi connectivity index (χ2n) is 6.95. The number of amides is 1. The van der Waals surface area contributed by atoms with Crippen LogP contribution in [0.15, 0.2) is 36.4 Å². The number of carbonyl (C=O) groups excluding carboxylic acids is 1. The summed E-state index contributed by atoms with van der Waals surface area (Å²) in [4.78, 5) is 25.9. The van der Waals surface area contributed by atoms with Crippen molar-refractivity contribution in [1.82, 2.24) is 0 Å². The zero-order valence-electron chi connectivity index (χ0n) is 15.8. The van der Waals surface area contributed by atoms with Gasteiger partial charge in [-0.3, -0.25) is 14.9 Å². The van der Waals surface area contributed by atoms with Crippen molar-refractivity contribution in [2.24, 2.45) is 5.92 Å². The van der Waals surface area contributed by atoms with Crippen molar-refractivity contribution in [3.63, 3.8) is 0 Å². The molecule has 3 rings (SSSR count). The summed E-state index contributed by atoms with van der Waals surface area (Å²) in [6.07, 6.45) is 2.11. The van der Waals surface area contributed by atoms with Crippen LogP contribution in [0.5, 0.6) is 5.75 Å². The number of anilines is 2. The van der Waals surface area contributed by atoms with Gasteiger partial charge in [0.2, 0.25) is 0 Å². The number of rotatable bonds is 5. The summed E-state index contributed by atoms with van der Waals surface area (Å²) in [6.45, 7) is 3.68. The van der Waals surface area contributed by atoms with Gasteiger partial charge >= 0.3 is 0 Å². The van der Waals surface area contributed by atoms with Crippen molar-refractivity contribution >= 4 is 34.6 Å². The molecular formula is C20H22ClN3O4. The molecule has 0 aliphatic carbocycles. The van der Waals surface area contributed by atoms with E-state index in [1.54, 1.807) is 30.3 Å². The lowest BCUT2D eigenvalue weighted by atomic mass is 9.99. The Balaban J connectivity index is 1.88. The molecule has 2 aromatic carbocycles. The maximum Gasteiger partial charge on any atom is 0.293 e. The third-order valence-corrected chi connectivity index (χ3v) is 5.08. The highest BCUT2D eigenvalue weighted by molar-refractivity contribution is 6.31. The zero-order chi connectivity index (χ0) is 20.3. The second-order valence-corrected chi connectivity index (χ2v) is 7.39. The van der Waals surface area contributed by atoms with Gasteiger partial charge in [-0.1, -0.05) is 18.5 Å². The molecule has 0 aromatic heterocycles. The quantitative estimate of drug-likeness (QED) is 0.575. The number of hydrogen-bond acceptors (Lipinski definition) is 5. The van der Waals surface area contributed by atoms with E-state index < -0.39 is 10.8 Å². The Morgan fingerprint density at radius 1 is 1.32 bits per heavy atom. The van der Waals surface area contributed by atoms with Gasteiger partial charge in [0.25, 0.3) is 11.6 Å². The number of nitro benzene ring substituents is 1. The van der Waals surface area contributed by atoms with Crippen LogP contribution in [0.1, 0.15) is 30.1 Å². The minimum Gasteiger partial charge on any atom is -0.495 e. The van der Waals surface area contributed by atoms with Crippen LogP contribution < -0.4 is 15.0 Å². The maximum absolute atomic E-state index is 12.7. The van der Waals surface area contributed by atoms with Gasteiger partial charge < -0.3 is 15.0 Å². The molecule has 1 aliphatic heterocycles. The van der Waals surface area contributed by atoms with E-state index in [1.807, 2.05) is 4.90 Å². The van der Waals surface area contributed by atoms with Gasteiger partial charge in [-0.2, -0.15) is 0 Å². The van der Waals surface area contributed by atoms with E-state index in [1.165, 1.54) is 13.2 Å². The van der Waals surface area contributed by atoms with Gasteiger partial charge in [0.15, 0.2) is 0 Å². The molecular weight excluding hydrogens is 382 g/mol. The summed E-state index contributed by atoms with van der Waals surface area (Å²) in [5.74, 6) is 0.458. The van der Waals surface area contributed by atoms with Crippen LogP contribution in [-0.2, 0) is 0 Å². The summed E-state index contributed by atoms with van der Waals surface area (Å²) in [5, 5.41) is 14.8. The van der Waals surface area contributed by atoms with Crippen molar-refractivity contribution in [2.45, 2.75) is 19.8 Å². The number of halogens is 1. The first-order valence-corrected chi connectivity index (χ1v) is 9.45. The van der Waals surface area contributed by atoms with E-state index in [-0.39, 0.29) is 11.3 Å². The fourth-order valence-corrected chi connectivity index (χ4v) is 3.63. The maximum atomic E-state index is 12.7. The van der Waals surface area contributed by atoms with Crippen molar-refractivity contribution in [2.75, 3.05) is 30.4 Å². The van der Waals surface area contributed by atoms with E-state index in [0.29, 0.717) is 28.1 Å². The second kappa shape index (κ2) is 8.48. The summed E-state index contributed by atoms with van der Waals surface area (Å²) in [5.41, 5.74) is 1.08. The SMILES string of the molecule is COc1ccc(Cl)cc1NC(=O)c1ccc(N2CCC[C@H](C)C2)c([N+](=O)[O-])c1. The van der Waals surface area contributed by atoms with Crippen molar-refractivity contribution < 1.29 is 14.5 Å². The standard InChI is InChI=1S/C20H22ClN3O4/c1-13-4-3-9-23(12-13)17-7-5-14(10-18(17)24(26)27)20(25)22-16-11-15(21)6-8-19(16)28-2/h5-8,10-11,13H,3-4,9,12H2,1-2H3,(H,22,25)/t13-/m0/s1. The number of hydrogen-bond donors (Lipinski definition) is 1. The lowest BCUT2D eigenvalue weighted by molar-refractivity contribution is -0.384. The molecule has 0 radical (unpaired) electrons. The van der Waals surface area contributed by atoms with Gasteiger partial charge in [-0.15, -0.1) is 0 Å². The van der Waals surface area contributed by atoms with Crippen LogP contribution in [0, 0.1) is 16.0 Å². The molecule has 0 unspecified atom stereocenters. The molecule has 0 bridgehead atoms. The molecule has 1 N–H and O–H groups in total. The highest BCUT2D eigenvalue weighted by Gasteiger charge is 2.25. The topological polar surface area (TPSA) is 84.7 Å². The first kappa shape index (κ1) is 19.9. The third-order valence-electron chi connectivity index (χ3n) is 4.84. The van der Waals surface area contributed by atoms with Crippen LogP contribution in [0.2, 0.25) is 5.02 Å². The lowest BCUT2D eigenvalue weighted by Gasteiger charge is -2.32. The first-order valence-electron chi connectivity index (χ1n) is 9.07. The van der Waals surface area contributed by atoms with E-state index >= 15 is 0 Å². The number of ether oxygens (including phenoxy) is 1. The Kier molecular flexibility index (Phi) is 6.04. The average Bonchev–Trinajstić information content (AvgIpc) is 2.67. The molecule has 8 heteroatoms. The van der Waals surface area contributed by atoms with Crippen LogP contribution in [0.4, 0.5) is 17.1 Å². The Bertz CT molecular complexity index is 903. The molecule has 28 heavy (non-hydrogen) atoms. The zero-order valence-corrected chi connectivity index (χ0v) is 16.5. The minimum absolute atomic E-state index is 0.0696. The molecule has 1 heterocycles. The molecule has 148 valence electrons. The van der Waals surface area contributed by atoms with E-state index in [9.17, 15) is 14.9 Å². The Morgan fingerprint density at radius 3 is 2.79 bits per heavy atom. The van der Waals surface area contributed by atoms with Crippen LogP contribution in [-0.4, -0.2) is 31.0 Å². The number of nitro groups is 1. The van der Waals surface area contributed by atoms with Crippen molar-refractivity contribution in [3.8, 4) is 5.75 Å². The molecule has 1 saturated heterocycles. The van der Waals surface area contributed by atoms with Gasteiger partial charge in [0.05, 0.1) is 17.7 Å². The number of nitrogens with zero attached hydrogens (tertiary/aromatic N) is 2. The van der Waals surface area contributed by atoms with Crippen molar-refractivity contribution in [3.05, 3.63) is 57.1 Å². The van der Waals surface area contributed by atoms with Crippen molar-refractivity contribution in [1.29, 1.82) is 0 Å².